The maximum atomic E-state index is 12.9. The van der Waals surface area contributed by atoms with E-state index in [0.29, 0.717) is 48.7 Å². The summed E-state index contributed by atoms with van der Waals surface area (Å²) in [5.74, 6) is -0.349. The highest BCUT2D eigenvalue weighted by molar-refractivity contribution is 6.13. The van der Waals surface area contributed by atoms with Gasteiger partial charge in [-0.25, -0.2) is 0 Å². The number of nitrogens with zero attached hydrogens (tertiary/aromatic N) is 2. The second kappa shape index (κ2) is 9.95. The first-order valence-electron chi connectivity index (χ1n) is 11.7. The minimum absolute atomic E-state index is 0.0290. The fraction of sp³-hybridized carbons (Fsp3) is 0.179. The van der Waals surface area contributed by atoms with Crippen LogP contribution in [0.3, 0.4) is 0 Å². The van der Waals surface area contributed by atoms with Crippen molar-refractivity contribution in [2.24, 2.45) is 0 Å². The van der Waals surface area contributed by atoms with Crippen molar-refractivity contribution < 1.29 is 14.4 Å². The summed E-state index contributed by atoms with van der Waals surface area (Å²) in [6.07, 6.45) is 0. The van der Waals surface area contributed by atoms with E-state index in [9.17, 15) is 14.4 Å². The number of hydrogen-bond donors (Lipinski definition) is 2. The highest BCUT2D eigenvalue weighted by Crippen LogP contribution is 2.20. The van der Waals surface area contributed by atoms with E-state index < -0.39 is 0 Å². The molecule has 0 bridgehead atoms. The molecule has 4 aromatic rings. The number of anilines is 1. The van der Waals surface area contributed by atoms with Crippen LogP contribution in [0.2, 0.25) is 0 Å². The number of carbonyl (C=O) groups excluding carboxylic acids is 3. The Hall–Kier alpha value is -4.23. The summed E-state index contributed by atoms with van der Waals surface area (Å²) < 4.78 is 0. The van der Waals surface area contributed by atoms with Gasteiger partial charge in [0.15, 0.2) is 5.78 Å². The van der Waals surface area contributed by atoms with Crippen molar-refractivity contribution in [2.45, 2.75) is 0 Å². The number of nitrogens with one attached hydrogen (secondary N) is 2. The van der Waals surface area contributed by atoms with Gasteiger partial charge in [0, 0.05) is 48.2 Å². The van der Waals surface area contributed by atoms with E-state index in [0.717, 1.165) is 10.9 Å². The summed E-state index contributed by atoms with van der Waals surface area (Å²) in [7, 11) is 0. The number of rotatable bonds is 6. The fourth-order valence-corrected chi connectivity index (χ4v) is 4.40. The number of para-hydroxylation sites is 2. The van der Waals surface area contributed by atoms with Gasteiger partial charge in [-0.1, -0.05) is 60.7 Å². The van der Waals surface area contributed by atoms with Crippen molar-refractivity contribution in [1.82, 2.24) is 14.8 Å². The molecule has 0 unspecified atom stereocenters. The SMILES string of the molecule is O=C(CN1CCN(C(=O)c2cc3ccccc3[nH]2)CC1)Nc1ccccc1C(=O)c1ccccc1. The number of hydrogen-bond acceptors (Lipinski definition) is 4. The van der Waals surface area contributed by atoms with Crippen molar-refractivity contribution in [2.75, 3.05) is 38.0 Å². The van der Waals surface area contributed by atoms with E-state index in [1.807, 2.05) is 58.3 Å². The molecule has 0 aliphatic carbocycles. The van der Waals surface area contributed by atoms with E-state index >= 15 is 0 Å². The third-order valence-electron chi connectivity index (χ3n) is 6.27. The van der Waals surface area contributed by atoms with Gasteiger partial charge in [-0.15, -0.1) is 0 Å². The average molecular weight is 467 g/mol. The Morgan fingerprint density at radius 3 is 2.26 bits per heavy atom. The van der Waals surface area contributed by atoms with Gasteiger partial charge in [-0.05, 0) is 24.3 Å². The van der Waals surface area contributed by atoms with Gasteiger partial charge in [-0.3, -0.25) is 19.3 Å². The van der Waals surface area contributed by atoms with Gasteiger partial charge in [0.2, 0.25) is 5.91 Å². The molecule has 0 atom stereocenters. The molecular weight excluding hydrogens is 440 g/mol. The molecule has 7 heteroatoms. The zero-order chi connectivity index (χ0) is 24.2. The molecule has 0 spiro atoms. The molecule has 1 aliphatic heterocycles. The fourth-order valence-electron chi connectivity index (χ4n) is 4.40. The molecule has 5 rings (SSSR count). The number of ketones is 1. The van der Waals surface area contributed by atoms with Gasteiger partial charge in [-0.2, -0.15) is 0 Å². The van der Waals surface area contributed by atoms with Crippen LogP contribution in [0.1, 0.15) is 26.4 Å². The molecule has 176 valence electrons. The lowest BCUT2D eigenvalue weighted by molar-refractivity contribution is -0.117. The maximum absolute atomic E-state index is 12.9. The van der Waals surface area contributed by atoms with Gasteiger partial charge in [0.1, 0.15) is 5.69 Å². The second-order valence-corrected chi connectivity index (χ2v) is 8.63. The van der Waals surface area contributed by atoms with Crippen molar-refractivity contribution in [3.8, 4) is 0 Å². The topological polar surface area (TPSA) is 85.5 Å². The van der Waals surface area contributed by atoms with Gasteiger partial charge in [0.25, 0.3) is 5.91 Å². The lowest BCUT2D eigenvalue weighted by atomic mass is 10.0. The number of fused-ring (bicyclic) bond motifs is 1. The summed E-state index contributed by atoms with van der Waals surface area (Å²) in [5, 5.41) is 3.91. The average Bonchev–Trinajstić information content (AvgIpc) is 3.33. The van der Waals surface area contributed by atoms with Crippen molar-refractivity contribution in [3.05, 3.63) is 102 Å². The van der Waals surface area contributed by atoms with Crippen LogP contribution in [0.15, 0.2) is 84.9 Å². The minimum atomic E-state index is -0.186. The number of carbonyl (C=O) groups is 3. The largest absolute Gasteiger partial charge is 0.351 e. The Labute approximate surface area is 203 Å². The Balaban J connectivity index is 1.17. The van der Waals surface area contributed by atoms with E-state index in [1.54, 1.807) is 36.4 Å². The molecule has 3 aromatic carbocycles. The molecular formula is C28H26N4O3. The molecule has 1 saturated heterocycles. The van der Waals surface area contributed by atoms with Crippen molar-refractivity contribution in [3.63, 3.8) is 0 Å². The van der Waals surface area contributed by atoms with Crippen LogP contribution in [-0.2, 0) is 4.79 Å². The van der Waals surface area contributed by atoms with Crippen molar-refractivity contribution >= 4 is 34.2 Å². The number of piperazine rings is 1. The number of H-pyrrole nitrogens is 1. The first kappa shape index (κ1) is 22.6. The van der Waals surface area contributed by atoms with E-state index in [4.69, 9.17) is 0 Å². The van der Waals surface area contributed by atoms with E-state index in [1.165, 1.54) is 0 Å². The molecule has 35 heavy (non-hydrogen) atoms. The molecule has 2 heterocycles. The standard InChI is InChI=1S/C28H26N4O3/c33-26(30-24-13-7-5-11-22(24)27(34)20-8-2-1-3-9-20)19-31-14-16-32(17-15-31)28(35)25-18-21-10-4-6-12-23(21)29-25/h1-13,18,29H,14-17,19H2,(H,30,33). The summed E-state index contributed by atoms with van der Waals surface area (Å²) in [4.78, 5) is 45.6. The third kappa shape index (κ3) is 5.00. The molecule has 0 radical (unpaired) electrons. The van der Waals surface area contributed by atoms with Gasteiger partial charge in [0.05, 0.1) is 12.2 Å². The molecule has 1 aliphatic rings. The van der Waals surface area contributed by atoms with Crippen LogP contribution >= 0.6 is 0 Å². The van der Waals surface area contributed by atoms with Crippen LogP contribution in [0, 0.1) is 0 Å². The van der Waals surface area contributed by atoms with E-state index in [2.05, 4.69) is 10.3 Å². The highest BCUT2D eigenvalue weighted by Gasteiger charge is 2.25. The smallest absolute Gasteiger partial charge is 0.270 e. The number of amides is 2. The minimum Gasteiger partial charge on any atom is -0.351 e. The normalized spacial score (nSPS) is 14.1. The van der Waals surface area contributed by atoms with E-state index in [-0.39, 0.29) is 24.1 Å². The summed E-state index contributed by atoms with van der Waals surface area (Å²) in [6.45, 7) is 2.49. The molecule has 2 amide bonds. The lowest BCUT2D eigenvalue weighted by Crippen LogP contribution is -2.50. The van der Waals surface area contributed by atoms with Crippen LogP contribution in [0.5, 0.6) is 0 Å². The molecule has 1 fully saturated rings. The highest BCUT2D eigenvalue weighted by atomic mass is 16.2. The molecule has 1 aromatic heterocycles. The summed E-state index contributed by atoms with van der Waals surface area (Å²) >= 11 is 0. The Morgan fingerprint density at radius 1 is 0.800 bits per heavy atom. The van der Waals surface area contributed by atoms with Gasteiger partial charge < -0.3 is 15.2 Å². The monoisotopic (exact) mass is 466 g/mol. The molecule has 0 saturated carbocycles. The van der Waals surface area contributed by atoms with Crippen LogP contribution in [0.25, 0.3) is 10.9 Å². The van der Waals surface area contributed by atoms with Crippen LogP contribution < -0.4 is 5.32 Å². The predicted octanol–water partition coefficient (Wildman–Crippen LogP) is 3.80. The first-order valence-corrected chi connectivity index (χ1v) is 11.7. The summed E-state index contributed by atoms with van der Waals surface area (Å²) in [5.41, 5.74) is 3.05. The second-order valence-electron chi connectivity index (χ2n) is 8.63. The zero-order valence-electron chi connectivity index (χ0n) is 19.2. The summed E-state index contributed by atoms with van der Waals surface area (Å²) in [6, 6.07) is 25.8. The zero-order valence-corrected chi connectivity index (χ0v) is 19.2. The third-order valence-corrected chi connectivity index (χ3v) is 6.27. The van der Waals surface area contributed by atoms with Crippen molar-refractivity contribution in [1.29, 1.82) is 0 Å². The Bertz CT molecular complexity index is 1340. The lowest BCUT2D eigenvalue weighted by Gasteiger charge is -2.34. The van der Waals surface area contributed by atoms with Crippen LogP contribution in [0.4, 0.5) is 5.69 Å². The van der Waals surface area contributed by atoms with Gasteiger partial charge >= 0.3 is 0 Å². The number of aromatic nitrogens is 1. The first-order chi connectivity index (χ1) is 17.1. The number of benzene rings is 3. The quantitative estimate of drug-likeness (QED) is 0.424. The Kier molecular flexibility index (Phi) is 6.41. The number of aromatic amines is 1. The maximum Gasteiger partial charge on any atom is 0.270 e. The Morgan fingerprint density at radius 2 is 1.49 bits per heavy atom. The molecule has 7 nitrogen and oxygen atoms in total. The van der Waals surface area contributed by atoms with Crippen LogP contribution in [-0.4, -0.2) is 65.1 Å². The molecule has 2 N–H and O–H groups in total. The predicted molar refractivity (Wildman–Crippen MR) is 136 cm³/mol.